The minimum absolute atomic E-state index is 0.0604. The molecule has 1 aliphatic heterocycles. The van der Waals surface area contributed by atoms with Crippen LogP contribution >= 0.6 is 0 Å². The molecule has 1 aliphatic rings. The van der Waals surface area contributed by atoms with Gasteiger partial charge in [0.25, 0.3) is 0 Å². The summed E-state index contributed by atoms with van der Waals surface area (Å²) in [6, 6.07) is 7.12. The van der Waals surface area contributed by atoms with Crippen molar-refractivity contribution < 1.29 is 14.3 Å². The first kappa shape index (κ1) is 18.3. The Morgan fingerprint density at radius 3 is 2.67 bits per heavy atom. The Labute approximate surface area is 143 Å². The quantitative estimate of drug-likeness (QED) is 0.895. The van der Waals surface area contributed by atoms with E-state index in [4.69, 9.17) is 4.74 Å². The number of para-hydroxylation sites is 2. The molecule has 0 saturated carbocycles. The second kappa shape index (κ2) is 8.68. The first-order chi connectivity index (χ1) is 11.6. The summed E-state index contributed by atoms with van der Waals surface area (Å²) in [6.07, 6.45) is 1.42. The monoisotopic (exact) mass is 333 g/mol. The predicted molar refractivity (Wildman–Crippen MR) is 94.1 cm³/mol. The van der Waals surface area contributed by atoms with Crippen LogP contribution in [0.25, 0.3) is 0 Å². The van der Waals surface area contributed by atoms with E-state index in [9.17, 15) is 9.59 Å². The van der Waals surface area contributed by atoms with Gasteiger partial charge in [-0.1, -0.05) is 19.1 Å². The Balaban J connectivity index is 1.96. The second-order valence-corrected chi connectivity index (χ2v) is 5.99. The zero-order chi connectivity index (χ0) is 17.5. The molecular weight excluding hydrogens is 306 g/mol. The molecule has 1 N–H and O–H groups in total. The molecule has 1 saturated heterocycles. The molecule has 1 fully saturated rings. The average Bonchev–Trinajstić information content (AvgIpc) is 2.87. The average molecular weight is 333 g/mol. The standard InChI is InChI=1S/C18H27N3O3/c1-4-17(22)21-11-7-10-20(12-13-21)14(2)18(23)19-15-8-5-6-9-16(15)24-3/h5-6,8-9,14H,4,7,10-13H2,1-3H3,(H,19,23). The van der Waals surface area contributed by atoms with Crippen molar-refractivity contribution in [3.8, 4) is 5.75 Å². The molecule has 0 bridgehead atoms. The van der Waals surface area contributed by atoms with E-state index < -0.39 is 0 Å². The van der Waals surface area contributed by atoms with E-state index in [2.05, 4.69) is 10.2 Å². The Morgan fingerprint density at radius 2 is 1.96 bits per heavy atom. The van der Waals surface area contributed by atoms with Gasteiger partial charge in [-0.15, -0.1) is 0 Å². The first-order valence-corrected chi connectivity index (χ1v) is 8.52. The van der Waals surface area contributed by atoms with Crippen LogP contribution in [-0.4, -0.2) is 60.9 Å². The summed E-state index contributed by atoms with van der Waals surface area (Å²) < 4.78 is 5.27. The summed E-state index contributed by atoms with van der Waals surface area (Å²) in [5.74, 6) is 0.770. The van der Waals surface area contributed by atoms with Crippen LogP contribution in [0, 0.1) is 0 Å². The Hall–Kier alpha value is -2.08. The molecular formula is C18H27N3O3. The maximum Gasteiger partial charge on any atom is 0.241 e. The summed E-state index contributed by atoms with van der Waals surface area (Å²) >= 11 is 0. The van der Waals surface area contributed by atoms with Gasteiger partial charge in [0.1, 0.15) is 5.75 Å². The van der Waals surface area contributed by atoms with E-state index in [0.29, 0.717) is 30.9 Å². The van der Waals surface area contributed by atoms with Crippen LogP contribution in [0.5, 0.6) is 5.75 Å². The van der Waals surface area contributed by atoms with Gasteiger partial charge in [0.05, 0.1) is 18.8 Å². The Bertz CT molecular complexity index is 576. The number of methoxy groups -OCH3 is 1. The lowest BCUT2D eigenvalue weighted by molar-refractivity contribution is -0.130. The third-order valence-electron chi connectivity index (χ3n) is 4.48. The highest BCUT2D eigenvalue weighted by molar-refractivity contribution is 5.95. The second-order valence-electron chi connectivity index (χ2n) is 5.99. The van der Waals surface area contributed by atoms with Crippen LogP contribution in [0.15, 0.2) is 24.3 Å². The zero-order valence-corrected chi connectivity index (χ0v) is 14.7. The molecule has 0 aromatic heterocycles. The van der Waals surface area contributed by atoms with E-state index in [1.165, 1.54) is 0 Å². The van der Waals surface area contributed by atoms with Crippen LogP contribution < -0.4 is 10.1 Å². The number of carbonyl (C=O) groups is 2. The fourth-order valence-corrected chi connectivity index (χ4v) is 2.95. The van der Waals surface area contributed by atoms with Crippen LogP contribution in [0.2, 0.25) is 0 Å². The van der Waals surface area contributed by atoms with Gasteiger partial charge in [-0.25, -0.2) is 0 Å². The Kier molecular flexibility index (Phi) is 6.61. The maximum atomic E-state index is 12.6. The minimum atomic E-state index is -0.258. The molecule has 132 valence electrons. The molecule has 6 nitrogen and oxygen atoms in total. The van der Waals surface area contributed by atoms with Crippen LogP contribution in [0.3, 0.4) is 0 Å². The summed E-state index contributed by atoms with van der Waals surface area (Å²) in [5.41, 5.74) is 0.675. The molecule has 1 atom stereocenters. The topological polar surface area (TPSA) is 61.9 Å². The fraction of sp³-hybridized carbons (Fsp3) is 0.556. The minimum Gasteiger partial charge on any atom is -0.495 e. The van der Waals surface area contributed by atoms with Gasteiger partial charge < -0.3 is 15.0 Å². The lowest BCUT2D eigenvalue weighted by atomic mass is 10.2. The van der Waals surface area contributed by atoms with Crippen molar-refractivity contribution in [2.75, 3.05) is 38.6 Å². The highest BCUT2D eigenvalue weighted by Crippen LogP contribution is 2.23. The number of benzene rings is 1. The van der Waals surface area contributed by atoms with E-state index in [0.717, 1.165) is 19.5 Å². The van der Waals surface area contributed by atoms with Crippen molar-refractivity contribution in [1.29, 1.82) is 0 Å². The molecule has 2 amide bonds. The highest BCUT2D eigenvalue weighted by atomic mass is 16.5. The van der Waals surface area contributed by atoms with Gasteiger partial charge in [-0.3, -0.25) is 14.5 Å². The molecule has 1 unspecified atom stereocenters. The van der Waals surface area contributed by atoms with E-state index in [-0.39, 0.29) is 17.9 Å². The normalized spacial score (nSPS) is 17.0. The smallest absolute Gasteiger partial charge is 0.241 e. The molecule has 1 heterocycles. The van der Waals surface area contributed by atoms with Gasteiger partial charge in [-0.05, 0) is 25.5 Å². The molecule has 0 aliphatic carbocycles. The molecule has 0 radical (unpaired) electrons. The molecule has 24 heavy (non-hydrogen) atoms. The number of hydrogen-bond acceptors (Lipinski definition) is 4. The molecule has 0 spiro atoms. The van der Waals surface area contributed by atoms with Gasteiger partial charge >= 0.3 is 0 Å². The highest BCUT2D eigenvalue weighted by Gasteiger charge is 2.25. The number of amides is 2. The number of hydrogen-bond donors (Lipinski definition) is 1. The lowest BCUT2D eigenvalue weighted by Gasteiger charge is -2.27. The van der Waals surface area contributed by atoms with Crippen molar-refractivity contribution >= 4 is 17.5 Å². The lowest BCUT2D eigenvalue weighted by Crippen LogP contribution is -2.44. The fourth-order valence-electron chi connectivity index (χ4n) is 2.95. The maximum absolute atomic E-state index is 12.6. The van der Waals surface area contributed by atoms with Crippen LogP contribution in [0.4, 0.5) is 5.69 Å². The van der Waals surface area contributed by atoms with E-state index in [1.807, 2.05) is 43.0 Å². The number of anilines is 1. The largest absolute Gasteiger partial charge is 0.495 e. The molecule has 1 aromatic rings. The van der Waals surface area contributed by atoms with E-state index >= 15 is 0 Å². The number of rotatable bonds is 5. The van der Waals surface area contributed by atoms with Crippen molar-refractivity contribution in [3.05, 3.63) is 24.3 Å². The third kappa shape index (κ3) is 4.47. The summed E-state index contributed by atoms with van der Waals surface area (Å²) in [4.78, 5) is 28.5. The Morgan fingerprint density at radius 1 is 1.21 bits per heavy atom. The molecule has 6 heteroatoms. The number of carbonyl (C=O) groups excluding carboxylic acids is 2. The zero-order valence-electron chi connectivity index (χ0n) is 14.7. The van der Waals surface area contributed by atoms with Crippen molar-refractivity contribution in [1.82, 2.24) is 9.80 Å². The number of nitrogens with one attached hydrogen (secondary N) is 1. The van der Waals surface area contributed by atoms with Crippen LogP contribution in [-0.2, 0) is 9.59 Å². The van der Waals surface area contributed by atoms with Gasteiger partial charge in [0, 0.05) is 32.6 Å². The van der Waals surface area contributed by atoms with Gasteiger partial charge in [-0.2, -0.15) is 0 Å². The first-order valence-electron chi connectivity index (χ1n) is 8.52. The summed E-state index contributed by atoms with van der Waals surface area (Å²) in [5, 5.41) is 2.94. The molecule has 2 rings (SSSR count). The van der Waals surface area contributed by atoms with Crippen molar-refractivity contribution in [2.24, 2.45) is 0 Å². The molecule has 1 aromatic carbocycles. The summed E-state index contributed by atoms with van der Waals surface area (Å²) in [7, 11) is 1.59. The SMILES string of the molecule is CCC(=O)N1CCCN(C(C)C(=O)Nc2ccccc2OC)CC1. The predicted octanol–water partition coefficient (Wildman–Crippen LogP) is 1.97. The summed E-state index contributed by atoms with van der Waals surface area (Å²) in [6.45, 7) is 6.76. The van der Waals surface area contributed by atoms with Crippen LogP contribution in [0.1, 0.15) is 26.7 Å². The number of ether oxygens (including phenoxy) is 1. The van der Waals surface area contributed by atoms with Crippen molar-refractivity contribution in [3.63, 3.8) is 0 Å². The third-order valence-corrected chi connectivity index (χ3v) is 4.48. The van der Waals surface area contributed by atoms with Crippen molar-refractivity contribution in [2.45, 2.75) is 32.7 Å². The number of nitrogens with zero attached hydrogens (tertiary/aromatic N) is 2. The van der Waals surface area contributed by atoms with Gasteiger partial charge in [0.2, 0.25) is 11.8 Å². The van der Waals surface area contributed by atoms with E-state index in [1.54, 1.807) is 7.11 Å². The van der Waals surface area contributed by atoms with Gasteiger partial charge in [0.15, 0.2) is 0 Å².